The van der Waals surface area contributed by atoms with Gasteiger partial charge in [0.2, 0.25) is 0 Å². The number of aromatic nitrogens is 3. The summed E-state index contributed by atoms with van der Waals surface area (Å²) in [6.07, 6.45) is 1.93. The summed E-state index contributed by atoms with van der Waals surface area (Å²) in [6, 6.07) is 8.00. The van der Waals surface area contributed by atoms with E-state index < -0.39 is 5.97 Å². The third-order valence-corrected chi connectivity index (χ3v) is 3.83. The summed E-state index contributed by atoms with van der Waals surface area (Å²) in [7, 11) is 1.29. The molecule has 6 nitrogen and oxygen atoms in total. The van der Waals surface area contributed by atoms with Crippen molar-refractivity contribution in [2.45, 2.75) is 20.3 Å². The predicted octanol–water partition coefficient (Wildman–Crippen LogP) is 2.02. The smallest absolute Gasteiger partial charge is 0.343 e. The number of nitrogens with zero attached hydrogens (tertiary/aromatic N) is 2. The average molecular weight is 311 g/mol. The molecular formula is C17H17N3O3. The molecule has 0 fully saturated rings. The quantitative estimate of drug-likeness (QED) is 0.751. The second kappa shape index (κ2) is 5.72. The van der Waals surface area contributed by atoms with Crippen molar-refractivity contribution >= 4 is 11.6 Å². The van der Waals surface area contributed by atoms with E-state index in [2.05, 4.69) is 10.1 Å². The van der Waals surface area contributed by atoms with E-state index in [4.69, 9.17) is 4.74 Å². The fraction of sp³-hybridized carbons (Fsp3) is 0.235. The van der Waals surface area contributed by atoms with E-state index in [0.717, 1.165) is 11.1 Å². The van der Waals surface area contributed by atoms with Crippen molar-refractivity contribution in [1.82, 2.24) is 14.6 Å². The van der Waals surface area contributed by atoms with Crippen LogP contribution in [0.25, 0.3) is 5.65 Å². The fourth-order valence-electron chi connectivity index (χ4n) is 2.65. The molecule has 0 saturated carbocycles. The van der Waals surface area contributed by atoms with Crippen LogP contribution in [-0.4, -0.2) is 27.7 Å². The highest BCUT2D eigenvalue weighted by molar-refractivity contribution is 5.95. The Morgan fingerprint density at radius 2 is 2.13 bits per heavy atom. The molecule has 118 valence electrons. The minimum absolute atomic E-state index is 0.204. The number of hydrogen-bond acceptors (Lipinski definition) is 4. The summed E-state index contributed by atoms with van der Waals surface area (Å²) in [6.45, 7) is 3.79. The Kier molecular flexibility index (Phi) is 3.73. The van der Waals surface area contributed by atoms with E-state index in [1.165, 1.54) is 17.8 Å². The average Bonchev–Trinajstić information content (AvgIpc) is 2.94. The molecule has 0 aliphatic rings. The summed E-state index contributed by atoms with van der Waals surface area (Å²) in [5, 5.41) is 2.78. The van der Waals surface area contributed by atoms with Crippen LogP contribution in [0.5, 0.6) is 0 Å². The lowest BCUT2D eigenvalue weighted by Crippen LogP contribution is -2.22. The molecule has 3 aromatic rings. The number of aromatic amines is 1. The normalized spacial score (nSPS) is 10.9. The summed E-state index contributed by atoms with van der Waals surface area (Å²) >= 11 is 0. The van der Waals surface area contributed by atoms with Crippen molar-refractivity contribution in [2.24, 2.45) is 0 Å². The molecule has 0 amide bonds. The highest BCUT2D eigenvalue weighted by Crippen LogP contribution is 2.14. The molecule has 2 heterocycles. The summed E-state index contributed by atoms with van der Waals surface area (Å²) in [5.74, 6) is -0.526. The molecule has 1 N–H and O–H groups in total. The Bertz CT molecular complexity index is 953. The second-order valence-electron chi connectivity index (χ2n) is 5.48. The standard InChI is InChI=1S/C17H17N3O3/c1-10-5-4-6-12(7-10)8-13-11(2)19-15-14(17(22)23-3)9-18-20(15)16(13)21/h4-7,9,18H,8H2,1-3H3. The van der Waals surface area contributed by atoms with Crippen molar-refractivity contribution in [1.29, 1.82) is 0 Å². The van der Waals surface area contributed by atoms with Crippen LogP contribution in [0.15, 0.2) is 35.3 Å². The first-order valence-corrected chi connectivity index (χ1v) is 7.24. The summed E-state index contributed by atoms with van der Waals surface area (Å²) in [5.41, 5.74) is 3.73. The topological polar surface area (TPSA) is 76.5 Å². The molecular weight excluding hydrogens is 294 g/mol. The molecule has 1 aromatic carbocycles. The summed E-state index contributed by atoms with van der Waals surface area (Å²) in [4.78, 5) is 28.8. The number of esters is 1. The summed E-state index contributed by atoms with van der Waals surface area (Å²) < 4.78 is 5.99. The maximum atomic E-state index is 12.7. The molecule has 23 heavy (non-hydrogen) atoms. The fourth-order valence-corrected chi connectivity index (χ4v) is 2.65. The maximum Gasteiger partial charge on any atom is 0.343 e. The van der Waals surface area contributed by atoms with E-state index in [-0.39, 0.29) is 16.8 Å². The van der Waals surface area contributed by atoms with Crippen molar-refractivity contribution in [3.63, 3.8) is 0 Å². The number of nitrogens with one attached hydrogen (secondary N) is 1. The number of carbonyl (C=O) groups excluding carboxylic acids is 1. The highest BCUT2D eigenvalue weighted by atomic mass is 16.5. The van der Waals surface area contributed by atoms with Gasteiger partial charge in [0.25, 0.3) is 5.56 Å². The minimum atomic E-state index is -0.526. The van der Waals surface area contributed by atoms with Crippen LogP contribution in [0, 0.1) is 13.8 Å². The van der Waals surface area contributed by atoms with Gasteiger partial charge in [0.05, 0.1) is 7.11 Å². The highest BCUT2D eigenvalue weighted by Gasteiger charge is 2.18. The van der Waals surface area contributed by atoms with Gasteiger partial charge < -0.3 is 4.74 Å². The Hall–Kier alpha value is -2.89. The number of benzene rings is 1. The Balaban J connectivity index is 2.12. The molecule has 0 saturated heterocycles. The minimum Gasteiger partial charge on any atom is -0.465 e. The van der Waals surface area contributed by atoms with Crippen LogP contribution in [0.4, 0.5) is 0 Å². The number of rotatable bonds is 3. The molecule has 0 aliphatic heterocycles. The van der Waals surface area contributed by atoms with Gasteiger partial charge in [0, 0.05) is 23.9 Å². The number of ether oxygens (including phenoxy) is 1. The van der Waals surface area contributed by atoms with Crippen molar-refractivity contribution in [3.8, 4) is 0 Å². The van der Waals surface area contributed by atoms with Crippen LogP contribution >= 0.6 is 0 Å². The lowest BCUT2D eigenvalue weighted by Gasteiger charge is -2.07. The Labute approximate surface area is 132 Å². The Morgan fingerprint density at radius 3 is 2.83 bits per heavy atom. The van der Waals surface area contributed by atoms with Crippen LogP contribution in [-0.2, 0) is 11.2 Å². The molecule has 0 unspecified atom stereocenters. The van der Waals surface area contributed by atoms with Crippen LogP contribution in [0.3, 0.4) is 0 Å². The van der Waals surface area contributed by atoms with Crippen molar-refractivity contribution in [2.75, 3.05) is 7.11 Å². The molecule has 2 aromatic heterocycles. The first-order chi connectivity index (χ1) is 11.0. The van der Waals surface area contributed by atoms with Gasteiger partial charge in [-0.25, -0.2) is 14.3 Å². The number of hydrogen-bond donors (Lipinski definition) is 1. The number of fused-ring (bicyclic) bond motifs is 1. The van der Waals surface area contributed by atoms with E-state index in [1.54, 1.807) is 6.92 Å². The molecule has 0 atom stereocenters. The molecule has 3 rings (SSSR count). The zero-order valence-electron chi connectivity index (χ0n) is 13.2. The van der Waals surface area contributed by atoms with Crippen LogP contribution in [0.2, 0.25) is 0 Å². The van der Waals surface area contributed by atoms with E-state index in [0.29, 0.717) is 17.7 Å². The zero-order valence-corrected chi connectivity index (χ0v) is 13.2. The van der Waals surface area contributed by atoms with Crippen molar-refractivity contribution < 1.29 is 9.53 Å². The van der Waals surface area contributed by atoms with E-state index in [1.807, 2.05) is 31.2 Å². The van der Waals surface area contributed by atoms with Crippen molar-refractivity contribution in [3.05, 3.63) is 68.8 Å². The van der Waals surface area contributed by atoms with E-state index in [9.17, 15) is 9.59 Å². The number of methoxy groups -OCH3 is 1. The van der Waals surface area contributed by atoms with Gasteiger partial charge in [-0.3, -0.25) is 9.89 Å². The predicted molar refractivity (Wildman–Crippen MR) is 85.9 cm³/mol. The SMILES string of the molecule is COC(=O)c1c[nH]n2c(=O)c(Cc3cccc(C)c3)c(C)nc12. The van der Waals surface area contributed by atoms with Crippen LogP contribution in [0.1, 0.15) is 32.7 Å². The monoisotopic (exact) mass is 311 g/mol. The number of H-pyrrole nitrogens is 1. The third kappa shape index (κ3) is 2.63. The first kappa shape index (κ1) is 15.0. The van der Waals surface area contributed by atoms with Gasteiger partial charge >= 0.3 is 5.97 Å². The second-order valence-corrected chi connectivity index (χ2v) is 5.48. The molecule has 0 bridgehead atoms. The van der Waals surface area contributed by atoms with Gasteiger partial charge in [0.15, 0.2) is 5.65 Å². The molecule has 0 radical (unpaired) electrons. The van der Waals surface area contributed by atoms with Crippen LogP contribution < -0.4 is 5.56 Å². The number of aryl methyl sites for hydroxylation is 2. The first-order valence-electron chi connectivity index (χ1n) is 7.24. The Morgan fingerprint density at radius 1 is 1.35 bits per heavy atom. The number of carbonyl (C=O) groups is 1. The zero-order chi connectivity index (χ0) is 16.6. The third-order valence-electron chi connectivity index (χ3n) is 3.83. The molecule has 0 spiro atoms. The molecule has 6 heteroatoms. The van der Waals surface area contributed by atoms with Gasteiger partial charge in [0.1, 0.15) is 5.56 Å². The lowest BCUT2D eigenvalue weighted by atomic mass is 10.0. The van der Waals surface area contributed by atoms with E-state index >= 15 is 0 Å². The van der Waals surface area contributed by atoms with Gasteiger partial charge in [-0.2, -0.15) is 0 Å². The largest absolute Gasteiger partial charge is 0.465 e. The molecule has 0 aliphatic carbocycles. The van der Waals surface area contributed by atoms with Gasteiger partial charge in [-0.15, -0.1) is 0 Å². The maximum absolute atomic E-state index is 12.7. The van der Waals surface area contributed by atoms with Gasteiger partial charge in [-0.1, -0.05) is 29.8 Å². The van der Waals surface area contributed by atoms with Gasteiger partial charge in [-0.05, 0) is 19.4 Å². The lowest BCUT2D eigenvalue weighted by molar-refractivity contribution is 0.0602.